The highest BCUT2D eigenvalue weighted by atomic mass is 35.5. The lowest BCUT2D eigenvalue weighted by molar-refractivity contribution is 0.0582. The van der Waals surface area contributed by atoms with E-state index in [0.717, 1.165) is 74.0 Å². The Morgan fingerprint density at radius 2 is 1.97 bits per heavy atom. The van der Waals surface area contributed by atoms with E-state index in [1.54, 1.807) is 12.4 Å². The first-order chi connectivity index (χ1) is 15.5. The fourth-order valence-corrected chi connectivity index (χ4v) is 7.92. The van der Waals surface area contributed by atoms with Crippen molar-refractivity contribution in [3.8, 4) is 0 Å². The largest absolute Gasteiger partial charge is 0.394 e. The summed E-state index contributed by atoms with van der Waals surface area (Å²) in [6.45, 7) is 1.93. The number of nitrogens with one attached hydrogen (secondary N) is 1. The molecule has 0 bridgehead atoms. The molecule has 4 heterocycles. The number of hydrogen-bond donors (Lipinski definition) is 2. The molecule has 2 N–H and O–H groups in total. The standard InChI is InChI=1S/C22H25ClN6O2S/c23-13-7-24-18(25-8-13)12-5-21(6-12)9-29(10-21)20-26-16-14-4-15(14)32(31)17(16)19(27-20)28-22(11-30)2-1-3-22/h7-8,12,14-15,30H,1-6,9-11H2,(H,26,27,28). The third-order valence-corrected chi connectivity index (χ3v) is 10.2. The number of hydrogen-bond acceptors (Lipinski definition) is 8. The first-order valence-electron chi connectivity index (χ1n) is 11.4. The molecule has 3 unspecified atom stereocenters. The molecule has 1 spiro atoms. The van der Waals surface area contributed by atoms with Crippen molar-refractivity contribution in [1.29, 1.82) is 0 Å². The number of aliphatic hydroxyl groups excluding tert-OH is 1. The molecule has 0 radical (unpaired) electrons. The molecule has 5 aliphatic rings. The van der Waals surface area contributed by atoms with Gasteiger partial charge in [-0.25, -0.2) is 15.0 Å². The first-order valence-corrected chi connectivity index (χ1v) is 13.0. The topological polar surface area (TPSA) is 104 Å². The van der Waals surface area contributed by atoms with Crippen molar-refractivity contribution in [2.75, 3.05) is 29.9 Å². The molecule has 168 valence electrons. The molecule has 3 atom stereocenters. The molecule has 32 heavy (non-hydrogen) atoms. The lowest BCUT2D eigenvalue weighted by Crippen LogP contribution is -2.62. The van der Waals surface area contributed by atoms with Crippen molar-refractivity contribution in [3.05, 3.63) is 28.9 Å². The van der Waals surface area contributed by atoms with E-state index in [0.29, 0.717) is 22.7 Å². The van der Waals surface area contributed by atoms with Gasteiger partial charge in [0.2, 0.25) is 5.95 Å². The van der Waals surface area contributed by atoms with Gasteiger partial charge < -0.3 is 15.3 Å². The minimum absolute atomic E-state index is 0.0710. The van der Waals surface area contributed by atoms with Crippen molar-refractivity contribution >= 4 is 34.2 Å². The van der Waals surface area contributed by atoms with Crippen molar-refractivity contribution in [2.24, 2.45) is 5.41 Å². The molecule has 4 fully saturated rings. The Labute approximate surface area is 193 Å². The van der Waals surface area contributed by atoms with Gasteiger partial charge in [0.25, 0.3) is 0 Å². The maximum Gasteiger partial charge on any atom is 0.227 e. The molecule has 0 aromatic carbocycles. The van der Waals surface area contributed by atoms with Crippen LogP contribution in [-0.4, -0.2) is 59.7 Å². The molecule has 8 nitrogen and oxygen atoms in total. The van der Waals surface area contributed by atoms with E-state index in [2.05, 4.69) is 20.2 Å². The average Bonchev–Trinajstić information content (AvgIpc) is 3.45. The molecule has 2 aromatic rings. The maximum absolute atomic E-state index is 12.9. The Bertz CT molecular complexity index is 1120. The van der Waals surface area contributed by atoms with Gasteiger partial charge in [0.15, 0.2) is 0 Å². The summed E-state index contributed by atoms with van der Waals surface area (Å²) in [7, 11) is -1.04. The summed E-state index contributed by atoms with van der Waals surface area (Å²) in [5, 5.41) is 14.2. The van der Waals surface area contributed by atoms with Gasteiger partial charge in [-0.05, 0) is 38.5 Å². The van der Waals surface area contributed by atoms with Gasteiger partial charge in [0.05, 0.1) is 33.7 Å². The van der Waals surface area contributed by atoms with Crippen LogP contribution in [0.2, 0.25) is 5.02 Å². The molecular weight excluding hydrogens is 448 g/mol. The number of anilines is 2. The molecule has 3 saturated carbocycles. The SMILES string of the molecule is O=S1c2c(NC3(CO)CCC3)nc(N3CC4(CC(c5ncc(Cl)cn5)C4)C3)nc2C2CC21. The first kappa shape index (κ1) is 19.6. The van der Waals surface area contributed by atoms with Crippen LogP contribution in [0.4, 0.5) is 11.8 Å². The Morgan fingerprint density at radius 1 is 1.22 bits per heavy atom. The average molecular weight is 473 g/mol. The zero-order valence-corrected chi connectivity index (χ0v) is 19.2. The predicted octanol–water partition coefficient (Wildman–Crippen LogP) is 2.61. The molecule has 1 saturated heterocycles. The highest BCUT2D eigenvalue weighted by molar-refractivity contribution is 7.86. The monoisotopic (exact) mass is 472 g/mol. The van der Waals surface area contributed by atoms with Crippen molar-refractivity contribution in [1.82, 2.24) is 19.9 Å². The van der Waals surface area contributed by atoms with Gasteiger partial charge in [-0.2, -0.15) is 4.98 Å². The van der Waals surface area contributed by atoms with Gasteiger partial charge in [-0.15, -0.1) is 0 Å². The summed E-state index contributed by atoms with van der Waals surface area (Å²) >= 11 is 5.91. The maximum atomic E-state index is 12.9. The van der Waals surface area contributed by atoms with Crippen LogP contribution in [0.3, 0.4) is 0 Å². The van der Waals surface area contributed by atoms with Crippen molar-refractivity contribution < 1.29 is 9.32 Å². The second-order valence-corrected chi connectivity index (χ2v) is 12.4. The molecule has 2 aromatic heterocycles. The molecule has 10 heteroatoms. The smallest absolute Gasteiger partial charge is 0.227 e. The van der Waals surface area contributed by atoms with E-state index in [-0.39, 0.29) is 22.8 Å². The second kappa shape index (κ2) is 6.61. The highest BCUT2D eigenvalue weighted by Crippen LogP contribution is 2.58. The minimum Gasteiger partial charge on any atom is -0.394 e. The number of halogens is 1. The Kier molecular flexibility index (Phi) is 4.05. The Balaban J connectivity index is 1.11. The number of aromatic nitrogens is 4. The fraction of sp³-hybridized carbons (Fsp3) is 0.636. The van der Waals surface area contributed by atoms with Crippen LogP contribution in [0.5, 0.6) is 0 Å². The molecular formula is C22H25ClN6O2S. The van der Waals surface area contributed by atoms with Crippen molar-refractivity contribution in [3.63, 3.8) is 0 Å². The van der Waals surface area contributed by atoms with Gasteiger partial charge in [-0.3, -0.25) is 4.21 Å². The zero-order chi connectivity index (χ0) is 21.7. The summed E-state index contributed by atoms with van der Waals surface area (Å²) in [6, 6.07) is 0. The second-order valence-electron chi connectivity index (χ2n) is 10.4. The summed E-state index contributed by atoms with van der Waals surface area (Å²) in [5.41, 5.74) is 0.927. The Hall–Kier alpha value is -1.84. The van der Waals surface area contributed by atoms with E-state index in [9.17, 15) is 9.32 Å². The molecule has 2 aliphatic heterocycles. The van der Waals surface area contributed by atoms with Crippen LogP contribution in [0.25, 0.3) is 0 Å². The summed E-state index contributed by atoms with van der Waals surface area (Å²) in [6.07, 6.45) is 9.38. The molecule has 0 amide bonds. The van der Waals surface area contributed by atoms with E-state index < -0.39 is 10.8 Å². The number of fused-ring (bicyclic) bond motifs is 3. The lowest BCUT2D eigenvalue weighted by Gasteiger charge is -2.58. The third-order valence-electron chi connectivity index (χ3n) is 8.14. The molecule has 7 rings (SSSR count). The van der Waals surface area contributed by atoms with Crippen molar-refractivity contribution in [2.45, 2.75) is 66.0 Å². The number of rotatable bonds is 5. The predicted molar refractivity (Wildman–Crippen MR) is 121 cm³/mol. The number of nitrogens with zero attached hydrogens (tertiary/aromatic N) is 5. The summed E-state index contributed by atoms with van der Waals surface area (Å²) in [5.74, 6) is 3.01. The third kappa shape index (κ3) is 2.80. The van der Waals surface area contributed by atoms with Crippen LogP contribution >= 0.6 is 11.6 Å². The van der Waals surface area contributed by atoms with Crippen LogP contribution in [-0.2, 0) is 10.8 Å². The fourth-order valence-electron chi connectivity index (χ4n) is 6.02. The summed E-state index contributed by atoms with van der Waals surface area (Å²) < 4.78 is 12.9. The van der Waals surface area contributed by atoms with E-state index in [1.165, 1.54) is 0 Å². The van der Waals surface area contributed by atoms with Crippen LogP contribution in [0.1, 0.15) is 61.9 Å². The van der Waals surface area contributed by atoms with Crippen LogP contribution in [0.15, 0.2) is 17.3 Å². The molecule has 3 aliphatic carbocycles. The Morgan fingerprint density at radius 3 is 2.62 bits per heavy atom. The highest BCUT2D eigenvalue weighted by Gasteiger charge is 2.57. The van der Waals surface area contributed by atoms with Gasteiger partial charge in [0, 0.05) is 48.0 Å². The van der Waals surface area contributed by atoms with Gasteiger partial charge >= 0.3 is 0 Å². The quantitative estimate of drug-likeness (QED) is 0.684. The number of aliphatic hydroxyl groups is 1. The van der Waals surface area contributed by atoms with Gasteiger partial charge in [0.1, 0.15) is 16.5 Å². The van der Waals surface area contributed by atoms with Gasteiger partial charge in [-0.1, -0.05) is 11.6 Å². The normalized spacial score (nSPS) is 30.7. The zero-order valence-electron chi connectivity index (χ0n) is 17.6. The van der Waals surface area contributed by atoms with E-state index in [4.69, 9.17) is 21.6 Å². The van der Waals surface area contributed by atoms with E-state index in [1.807, 2.05) is 0 Å². The summed E-state index contributed by atoms with van der Waals surface area (Å²) in [4.78, 5) is 21.6. The van der Waals surface area contributed by atoms with Crippen LogP contribution < -0.4 is 10.2 Å². The van der Waals surface area contributed by atoms with Crippen LogP contribution in [0, 0.1) is 5.41 Å². The van der Waals surface area contributed by atoms with E-state index >= 15 is 0 Å². The lowest BCUT2D eigenvalue weighted by atomic mass is 9.57. The minimum atomic E-state index is -1.04.